The molecular weight excluding hydrogens is 462 g/mol. The second-order valence-electron chi connectivity index (χ2n) is 8.13. The SMILES string of the molecule is COCCCN1C(=O)/C(=C/c2cc(C)n(-c3ccccc3C(=O)O)c2C)SC1=Nc1ccccc1. The summed E-state index contributed by atoms with van der Waals surface area (Å²) in [5.74, 6) is -1.08. The van der Waals surface area contributed by atoms with Crippen LogP contribution in [-0.2, 0) is 9.53 Å². The molecule has 0 radical (unpaired) electrons. The minimum Gasteiger partial charge on any atom is -0.478 e. The Morgan fingerprint density at radius 3 is 2.54 bits per heavy atom. The molecule has 0 spiro atoms. The Hall–Kier alpha value is -3.62. The van der Waals surface area contributed by atoms with Crippen LogP contribution in [0.4, 0.5) is 5.69 Å². The van der Waals surface area contributed by atoms with Crippen molar-refractivity contribution in [1.82, 2.24) is 9.47 Å². The molecule has 7 nitrogen and oxygen atoms in total. The zero-order chi connectivity index (χ0) is 24.9. The molecule has 4 rings (SSSR count). The summed E-state index contributed by atoms with van der Waals surface area (Å²) < 4.78 is 7.08. The van der Waals surface area contributed by atoms with Crippen LogP contribution in [0.1, 0.15) is 33.7 Å². The van der Waals surface area contributed by atoms with Crippen LogP contribution in [0.15, 0.2) is 70.6 Å². The number of ether oxygens (including phenoxy) is 1. The van der Waals surface area contributed by atoms with Crippen molar-refractivity contribution in [2.24, 2.45) is 4.99 Å². The molecule has 0 atom stereocenters. The van der Waals surface area contributed by atoms with E-state index in [0.717, 1.165) is 22.6 Å². The van der Waals surface area contributed by atoms with Gasteiger partial charge in [0, 0.05) is 31.6 Å². The van der Waals surface area contributed by atoms with Crippen LogP contribution in [0.2, 0.25) is 0 Å². The van der Waals surface area contributed by atoms with Gasteiger partial charge in [0.1, 0.15) is 0 Å². The second kappa shape index (κ2) is 10.8. The van der Waals surface area contributed by atoms with Gasteiger partial charge in [-0.2, -0.15) is 0 Å². The Kier molecular flexibility index (Phi) is 7.53. The number of thioether (sulfide) groups is 1. The van der Waals surface area contributed by atoms with E-state index in [2.05, 4.69) is 0 Å². The van der Waals surface area contributed by atoms with Crippen LogP contribution >= 0.6 is 11.8 Å². The molecule has 0 saturated carbocycles. The molecule has 8 heteroatoms. The molecule has 0 aliphatic carbocycles. The lowest BCUT2D eigenvalue weighted by Gasteiger charge is -2.15. The highest BCUT2D eigenvalue weighted by Gasteiger charge is 2.33. The van der Waals surface area contributed by atoms with Gasteiger partial charge in [-0.25, -0.2) is 9.79 Å². The van der Waals surface area contributed by atoms with E-state index < -0.39 is 5.97 Å². The molecule has 1 aromatic heterocycles. The molecule has 1 amide bonds. The Balaban J connectivity index is 1.72. The largest absolute Gasteiger partial charge is 0.478 e. The van der Waals surface area contributed by atoms with E-state index in [0.29, 0.717) is 35.3 Å². The highest BCUT2D eigenvalue weighted by atomic mass is 32.2. The number of aryl methyl sites for hydroxylation is 1. The van der Waals surface area contributed by atoms with Gasteiger partial charge >= 0.3 is 5.97 Å². The molecule has 35 heavy (non-hydrogen) atoms. The molecule has 0 unspecified atom stereocenters. The zero-order valence-electron chi connectivity index (χ0n) is 19.9. The summed E-state index contributed by atoms with van der Waals surface area (Å²) in [5, 5.41) is 10.3. The maximum atomic E-state index is 13.4. The maximum absolute atomic E-state index is 13.4. The van der Waals surface area contributed by atoms with Gasteiger partial charge in [0.2, 0.25) is 0 Å². The fourth-order valence-electron chi connectivity index (χ4n) is 4.06. The van der Waals surface area contributed by atoms with E-state index >= 15 is 0 Å². The fraction of sp³-hybridized carbons (Fsp3) is 0.222. The molecule has 2 aromatic carbocycles. The lowest BCUT2D eigenvalue weighted by Crippen LogP contribution is -2.30. The number of aromatic carboxylic acids is 1. The fourth-order valence-corrected chi connectivity index (χ4v) is 5.08. The van der Waals surface area contributed by atoms with Crippen LogP contribution in [0.5, 0.6) is 0 Å². The normalized spacial score (nSPS) is 16.0. The van der Waals surface area contributed by atoms with Crippen molar-refractivity contribution < 1.29 is 19.4 Å². The summed E-state index contributed by atoms with van der Waals surface area (Å²) in [4.78, 5) is 32.1. The lowest BCUT2D eigenvalue weighted by molar-refractivity contribution is -0.122. The number of carboxylic acid groups (broad SMARTS) is 1. The number of hydrogen-bond acceptors (Lipinski definition) is 5. The summed E-state index contributed by atoms with van der Waals surface area (Å²) in [6, 6.07) is 18.4. The third-order valence-corrected chi connectivity index (χ3v) is 6.74. The monoisotopic (exact) mass is 489 g/mol. The van der Waals surface area contributed by atoms with Crippen LogP contribution in [0.25, 0.3) is 11.8 Å². The summed E-state index contributed by atoms with van der Waals surface area (Å²) in [5.41, 5.74) is 4.20. The van der Waals surface area contributed by atoms with Crippen molar-refractivity contribution in [3.05, 3.63) is 88.1 Å². The number of methoxy groups -OCH3 is 1. The molecule has 1 N–H and O–H groups in total. The first kappa shape index (κ1) is 24.5. The second-order valence-corrected chi connectivity index (χ2v) is 9.14. The Labute approximate surface area is 208 Å². The first-order valence-corrected chi connectivity index (χ1v) is 12.1. The number of hydrogen-bond donors (Lipinski definition) is 1. The predicted octanol–water partition coefficient (Wildman–Crippen LogP) is 5.43. The van der Waals surface area contributed by atoms with Crippen LogP contribution in [-0.4, -0.2) is 51.9 Å². The molecule has 1 saturated heterocycles. The third kappa shape index (κ3) is 5.23. The van der Waals surface area contributed by atoms with Gasteiger partial charge < -0.3 is 14.4 Å². The smallest absolute Gasteiger partial charge is 0.337 e. The van der Waals surface area contributed by atoms with Gasteiger partial charge in [-0.15, -0.1) is 0 Å². The topological polar surface area (TPSA) is 84.1 Å². The lowest BCUT2D eigenvalue weighted by atomic mass is 10.1. The van der Waals surface area contributed by atoms with Gasteiger partial charge in [0.25, 0.3) is 5.91 Å². The Morgan fingerprint density at radius 1 is 1.11 bits per heavy atom. The van der Waals surface area contributed by atoms with E-state index in [-0.39, 0.29) is 11.5 Å². The number of carbonyl (C=O) groups excluding carboxylic acids is 1. The highest BCUT2D eigenvalue weighted by Crippen LogP contribution is 2.35. The molecular formula is C27H27N3O4S. The van der Waals surface area contributed by atoms with Crippen molar-refractivity contribution in [3.63, 3.8) is 0 Å². The Bertz CT molecular complexity index is 1310. The minimum absolute atomic E-state index is 0.100. The summed E-state index contributed by atoms with van der Waals surface area (Å²) in [6.07, 6.45) is 2.57. The number of aromatic nitrogens is 1. The molecule has 1 aliphatic rings. The van der Waals surface area contributed by atoms with Crippen LogP contribution in [0, 0.1) is 13.8 Å². The molecule has 1 fully saturated rings. The van der Waals surface area contributed by atoms with E-state index in [1.807, 2.05) is 67.0 Å². The number of carboxylic acids is 1. The summed E-state index contributed by atoms with van der Waals surface area (Å²) in [7, 11) is 1.64. The summed E-state index contributed by atoms with van der Waals surface area (Å²) in [6.45, 7) is 4.91. The van der Waals surface area contributed by atoms with Crippen molar-refractivity contribution in [1.29, 1.82) is 0 Å². The van der Waals surface area contributed by atoms with Gasteiger partial charge in [-0.3, -0.25) is 9.69 Å². The number of carbonyl (C=O) groups is 2. The molecule has 2 heterocycles. The van der Waals surface area contributed by atoms with E-state index in [4.69, 9.17) is 9.73 Å². The van der Waals surface area contributed by atoms with Crippen molar-refractivity contribution in [2.45, 2.75) is 20.3 Å². The number of nitrogens with zero attached hydrogens (tertiary/aromatic N) is 3. The molecule has 180 valence electrons. The van der Waals surface area contributed by atoms with Crippen molar-refractivity contribution in [2.75, 3.05) is 20.3 Å². The predicted molar refractivity (Wildman–Crippen MR) is 140 cm³/mol. The van der Waals surface area contributed by atoms with Crippen molar-refractivity contribution in [3.8, 4) is 5.69 Å². The number of amidine groups is 1. The Morgan fingerprint density at radius 2 is 1.83 bits per heavy atom. The van der Waals surface area contributed by atoms with E-state index in [1.165, 1.54) is 11.8 Å². The van der Waals surface area contributed by atoms with Gasteiger partial charge in [0.15, 0.2) is 5.17 Å². The third-order valence-electron chi connectivity index (χ3n) is 5.73. The van der Waals surface area contributed by atoms with Gasteiger partial charge in [-0.1, -0.05) is 30.3 Å². The standard InChI is InChI=1S/C27H27N3O4S/c1-18-16-20(19(2)30(18)23-13-8-7-12-22(23)26(32)33)17-24-25(31)29(14-9-15-34-3)27(35-24)28-21-10-5-4-6-11-21/h4-8,10-13,16-17H,9,14-15H2,1-3H3,(H,32,33)/b24-17-,28-27?. The van der Waals surface area contributed by atoms with Gasteiger partial charge in [0.05, 0.1) is 21.8 Å². The number of benzene rings is 2. The highest BCUT2D eigenvalue weighted by molar-refractivity contribution is 8.18. The average Bonchev–Trinajstić information content (AvgIpc) is 3.29. The number of aliphatic imine (C=N–C) groups is 1. The number of rotatable bonds is 8. The first-order valence-electron chi connectivity index (χ1n) is 11.3. The molecule has 1 aliphatic heterocycles. The molecule has 3 aromatic rings. The molecule has 0 bridgehead atoms. The maximum Gasteiger partial charge on any atom is 0.337 e. The number of amides is 1. The van der Waals surface area contributed by atoms with E-state index in [9.17, 15) is 14.7 Å². The number of para-hydroxylation sites is 2. The average molecular weight is 490 g/mol. The van der Waals surface area contributed by atoms with Crippen LogP contribution in [0.3, 0.4) is 0 Å². The summed E-state index contributed by atoms with van der Waals surface area (Å²) >= 11 is 1.35. The van der Waals surface area contributed by atoms with Crippen LogP contribution < -0.4 is 0 Å². The first-order chi connectivity index (χ1) is 16.9. The quantitative estimate of drug-likeness (QED) is 0.337. The van der Waals surface area contributed by atoms with Crippen molar-refractivity contribution >= 4 is 40.6 Å². The zero-order valence-corrected chi connectivity index (χ0v) is 20.7. The van der Waals surface area contributed by atoms with E-state index in [1.54, 1.807) is 30.2 Å². The minimum atomic E-state index is -0.983. The van der Waals surface area contributed by atoms with Gasteiger partial charge in [-0.05, 0) is 74.0 Å².